The van der Waals surface area contributed by atoms with E-state index in [2.05, 4.69) is 20.8 Å². The molecule has 1 aromatic heterocycles. The van der Waals surface area contributed by atoms with Gasteiger partial charge in [0.25, 0.3) is 0 Å². The fourth-order valence-electron chi connectivity index (χ4n) is 2.54. The molecule has 1 saturated heterocycles. The Morgan fingerprint density at radius 3 is 3.08 bits per heavy atom. The summed E-state index contributed by atoms with van der Waals surface area (Å²) in [5, 5.41) is 15.5. The number of morpholine rings is 1. The van der Waals surface area contributed by atoms with Crippen LogP contribution in [0.4, 0.5) is 5.13 Å². The van der Waals surface area contributed by atoms with Gasteiger partial charge in [-0.05, 0) is 24.6 Å². The molecule has 1 aliphatic heterocycles. The predicted octanol–water partition coefficient (Wildman–Crippen LogP) is 1.87. The number of rotatable bonds is 5. The molecule has 25 heavy (non-hydrogen) atoms. The highest BCUT2D eigenvalue weighted by Crippen LogP contribution is 2.21. The second-order valence-electron chi connectivity index (χ2n) is 5.53. The van der Waals surface area contributed by atoms with E-state index >= 15 is 0 Å². The molecule has 0 aliphatic carbocycles. The van der Waals surface area contributed by atoms with Crippen LogP contribution in [0.15, 0.2) is 24.3 Å². The van der Waals surface area contributed by atoms with Gasteiger partial charge in [0.1, 0.15) is 16.8 Å². The van der Waals surface area contributed by atoms with E-state index in [9.17, 15) is 4.79 Å². The number of hydrogen-bond donors (Lipinski definition) is 2. The van der Waals surface area contributed by atoms with Crippen LogP contribution in [0.25, 0.3) is 0 Å². The number of carbonyl (C=O) groups is 1. The Kier molecular flexibility index (Phi) is 7.12. The van der Waals surface area contributed by atoms with Gasteiger partial charge in [-0.25, -0.2) is 0 Å². The van der Waals surface area contributed by atoms with E-state index in [-0.39, 0.29) is 30.5 Å². The molecule has 0 bridgehead atoms. The average Bonchev–Trinajstić information content (AvgIpc) is 3.02. The van der Waals surface area contributed by atoms with Gasteiger partial charge in [-0.2, -0.15) is 0 Å². The quantitative estimate of drug-likeness (QED) is 0.818. The van der Waals surface area contributed by atoms with Crippen LogP contribution in [0.3, 0.4) is 0 Å². The number of methoxy groups -OCH3 is 1. The summed E-state index contributed by atoms with van der Waals surface area (Å²) in [5.41, 5.74) is 1.08. The number of hydrogen-bond acceptors (Lipinski definition) is 7. The first-order chi connectivity index (χ1) is 11.7. The van der Waals surface area contributed by atoms with Gasteiger partial charge in [0.15, 0.2) is 0 Å². The fourth-order valence-corrected chi connectivity index (χ4v) is 3.32. The highest BCUT2D eigenvalue weighted by molar-refractivity contribution is 7.15. The van der Waals surface area contributed by atoms with Crippen LogP contribution in [-0.4, -0.2) is 48.5 Å². The van der Waals surface area contributed by atoms with E-state index in [0.717, 1.165) is 16.3 Å². The van der Waals surface area contributed by atoms with Crippen LogP contribution in [0.1, 0.15) is 17.5 Å². The van der Waals surface area contributed by atoms with Gasteiger partial charge in [-0.15, -0.1) is 22.6 Å². The molecule has 2 aromatic rings. The summed E-state index contributed by atoms with van der Waals surface area (Å²) < 4.78 is 10.7. The van der Waals surface area contributed by atoms with E-state index in [1.165, 1.54) is 11.3 Å². The Morgan fingerprint density at radius 1 is 1.48 bits per heavy atom. The van der Waals surface area contributed by atoms with Crippen LogP contribution >= 0.6 is 23.7 Å². The number of anilines is 1. The Labute approximate surface area is 156 Å². The third kappa shape index (κ3) is 5.12. The number of aromatic nitrogens is 2. The minimum atomic E-state index is -0.371. The van der Waals surface area contributed by atoms with Crippen molar-refractivity contribution < 1.29 is 14.3 Å². The molecule has 0 radical (unpaired) electrons. The van der Waals surface area contributed by atoms with Gasteiger partial charge in [0.2, 0.25) is 11.0 Å². The van der Waals surface area contributed by atoms with E-state index < -0.39 is 0 Å². The van der Waals surface area contributed by atoms with Crippen molar-refractivity contribution in [1.82, 2.24) is 15.5 Å². The zero-order valence-electron chi connectivity index (χ0n) is 14.0. The largest absolute Gasteiger partial charge is 0.497 e. The van der Waals surface area contributed by atoms with Crippen LogP contribution in [0.5, 0.6) is 5.75 Å². The topological polar surface area (TPSA) is 85.4 Å². The zero-order valence-corrected chi connectivity index (χ0v) is 15.7. The summed E-state index contributed by atoms with van der Waals surface area (Å²) in [4.78, 5) is 12.3. The lowest BCUT2D eigenvalue weighted by atomic mass is 10.1. The second-order valence-corrected chi connectivity index (χ2v) is 6.59. The monoisotopic (exact) mass is 384 g/mol. The molecule has 0 spiro atoms. The molecule has 1 aliphatic rings. The van der Waals surface area contributed by atoms with Crippen LogP contribution in [0.2, 0.25) is 0 Å². The maximum Gasteiger partial charge on any atom is 0.246 e. The first kappa shape index (κ1) is 19.6. The summed E-state index contributed by atoms with van der Waals surface area (Å²) in [7, 11) is 1.64. The molecule has 0 unspecified atom stereocenters. The lowest BCUT2D eigenvalue weighted by molar-refractivity contribution is -0.123. The number of halogens is 1. The van der Waals surface area contributed by atoms with Gasteiger partial charge in [-0.1, -0.05) is 23.5 Å². The van der Waals surface area contributed by atoms with Gasteiger partial charge in [0.05, 0.1) is 19.8 Å². The zero-order chi connectivity index (χ0) is 16.9. The maximum absolute atomic E-state index is 12.3. The molecule has 2 atom stereocenters. The molecule has 1 fully saturated rings. The number of nitrogens with zero attached hydrogens (tertiary/aromatic N) is 2. The Hall–Kier alpha value is -1.74. The lowest BCUT2D eigenvalue weighted by Crippen LogP contribution is -2.53. The molecule has 2 heterocycles. The molecule has 7 nitrogen and oxygen atoms in total. The minimum absolute atomic E-state index is 0. The number of carbonyl (C=O) groups excluding carboxylic acids is 1. The van der Waals surface area contributed by atoms with Crippen LogP contribution in [0, 0.1) is 0 Å². The minimum Gasteiger partial charge on any atom is -0.497 e. The molecule has 1 amide bonds. The van der Waals surface area contributed by atoms with Crippen molar-refractivity contribution in [3.63, 3.8) is 0 Å². The smallest absolute Gasteiger partial charge is 0.246 e. The van der Waals surface area contributed by atoms with Crippen molar-refractivity contribution in [3.8, 4) is 5.75 Å². The molecule has 9 heteroatoms. The first-order valence-corrected chi connectivity index (χ1v) is 8.58. The number of amides is 1. The Morgan fingerprint density at radius 2 is 2.32 bits per heavy atom. The molecule has 0 saturated carbocycles. The summed E-state index contributed by atoms with van der Waals surface area (Å²) in [6.07, 6.45) is 0.481. The lowest BCUT2D eigenvalue weighted by Gasteiger charge is -2.28. The summed E-state index contributed by atoms with van der Waals surface area (Å²) in [5.74, 6) is 0.661. The first-order valence-electron chi connectivity index (χ1n) is 7.77. The molecule has 1 aromatic carbocycles. The summed E-state index contributed by atoms with van der Waals surface area (Å²) in [6, 6.07) is 7.44. The van der Waals surface area contributed by atoms with Crippen LogP contribution < -0.4 is 15.4 Å². The highest BCUT2D eigenvalue weighted by atomic mass is 35.5. The molecule has 2 N–H and O–H groups in total. The fraction of sp³-hybridized carbons (Fsp3) is 0.438. The molecular weight excluding hydrogens is 364 g/mol. The number of ether oxygens (including phenoxy) is 2. The van der Waals surface area contributed by atoms with Crippen molar-refractivity contribution >= 4 is 34.8 Å². The van der Waals surface area contributed by atoms with Crippen LogP contribution in [-0.2, 0) is 16.0 Å². The molecule has 136 valence electrons. The van der Waals surface area contributed by atoms with E-state index in [0.29, 0.717) is 24.7 Å². The van der Waals surface area contributed by atoms with Crippen molar-refractivity contribution in [3.05, 3.63) is 34.8 Å². The highest BCUT2D eigenvalue weighted by Gasteiger charge is 2.28. The third-order valence-electron chi connectivity index (χ3n) is 3.79. The normalized spacial score (nSPS) is 19.8. The van der Waals surface area contributed by atoms with Gasteiger partial charge >= 0.3 is 0 Å². The maximum atomic E-state index is 12.3. The van der Waals surface area contributed by atoms with Crippen molar-refractivity contribution in [2.45, 2.75) is 25.5 Å². The second kappa shape index (κ2) is 9.10. The van der Waals surface area contributed by atoms with Crippen molar-refractivity contribution in [2.24, 2.45) is 0 Å². The van der Waals surface area contributed by atoms with E-state index in [4.69, 9.17) is 9.47 Å². The predicted molar refractivity (Wildman–Crippen MR) is 98.8 cm³/mol. The van der Waals surface area contributed by atoms with Gasteiger partial charge < -0.3 is 14.8 Å². The van der Waals surface area contributed by atoms with Gasteiger partial charge in [0, 0.05) is 13.0 Å². The Bertz CT molecular complexity index is 712. The molecular formula is C16H21ClN4O3S. The standard InChI is InChI=1S/C16H20N4O3S.ClH/c1-10-14(17-6-7-23-10)15(21)18-16-20-19-13(24-16)9-11-4-3-5-12(8-11)22-2;/h3-5,8,10,14,17H,6-7,9H2,1-2H3,(H,18,20,21);1H/t10-,14+;/m1./s1. The van der Waals surface area contributed by atoms with Crippen molar-refractivity contribution in [1.29, 1.82) is 0 Å². The van der Waals surface area contributed by atoms with Gasteiger partial charge in [-0.3, -0.25) is 10.1 Å². The SMILES string of the molecule is COc1cccc(Cc2nnc(NC(=O)[C@H]3NCCO[C@@H]3C)s2)c1.Cl. The third-order valence-corrected chi connectivity index (χ3v) is 4.62. The van der Waals surface area contributed by atoms with E-state index in [1.54, 1.807) is 7.11 Å². The Balaban J connectivity index is 0.00000225. The average molecular weight is 385 g/mol. The molecule has 3 rings (SSSR count). The number of nitrogens with one attached hydrogen (secondary N) is 2. The summed E-state index contributed by atoms with van der Waals surface area (Å²) >= 11 is 1.37. The van der Waals surface area contributed by atoms with E-state index in [1.807, 2.05) is 31.2 Å². The number of benzene rings is 1. The van der Waals surface area contributed by atoms with Crippen molar-refractivity contribution in [2.75, 3.05) is 25.6 Å². The summed E-state index contributed by atoms with van der Waals surface area (Å²) in [6.45, 7) is 3.17.